The third-order valence-electron chi connectivity index (χ3n) is 2.27. The van der Waals surface area contributed by atoms with Crippen LogP contribution in [-0.2, 0) is 9.59 Å². The molecule has 1 fully saturated rings. The molecule has 80 valence electrons. The summed E-state index contributed by atoms with van der Waals surface area (Å²) < 4.78 is 0. The van der Waals surface area contributed by atoms with Gasteiger partial charge in [0.1, 0.15) is 6.29 Å². The van der Waals surface area contributed by atoms with Gasteiger partial charge >= 0.3 is 0 Å². The molecule has 1 saturated heterocycles. The van der Waals surface area contributed by atoms with Crippen LogP contribution < -0.4 is 5.32 Å². The highest BCUT2D eigenvalue weighted by Crippen LogP contribution is 2.37. The molecule has 4 nitrogen and oxygen atoms in total. The Balaban J connectivity index is 2.79. The van der Waals surface area contributed by atoms with Crippen molar-refractivity contribution in [1.29, 1.82) is 0 Å². The largest absolute Gasteiger partial charge is 0.317 e. The molecule has 1 rings (SSSR count). The molecule has 0 saturated carbocycles. The Kier molecular flexibility index (Phi) is 3.55. The van der Waals surface area contributed by atoms with E-state index in [1.807, 2.05) is 13.8 Å². The minimum atomic E-state index is -0.268. The first-order valence-corrected chi connectivity index (χ1v) is 5.57. The van der Waals surface area contributed by atoms with Gasteiger partial charge in [-0.15, -0.1) is 11.8 Å². The molecule has 1 aliphatic rings. The van der Waals surface area contributed by atoms with E-state index in [2.05, 4.69) is 5.32 Å². The van der Waals surface area contributed by atoms with Gasteiger partial charge in [-0.1, -0.05) is 0 Å². The van der Waals surface area contributed by atoms with E-state index in [4.69, 9.17) is 0 Å². The van der Waals surface area contributed by atoms with E-state index in [1.54, 1.807) is 23.7 Å². The van der Waals surface area contributed by atoms with E-state index in [0.717, 1.165) is 6.29 Å². The Morgan fingerprint density at radius 2 is 2.36 bits per heavy atom. The Bertz CT molecular complexity index is 243. The van der Waals surface area contributed by atoms with Crippen molar-refractivity contribution in [3.63, 3.8) is 0 Å². The number of carbonyl (C=O) groups excluding carboxylic acids is 2. The summed E-state index contributed by atoms with van der Waals surface area (Å²) in [6, 6.07) is -0.268. The summed E-state index contributed by atoms with van der Waals surface area (Å²) in [6.45, 7) is 4.22. The zero-order valence-electron chi connectivity index (χ0n) is 8.74. The molecule has 0 radical (unpaired) electrons. The maximum absolute atomic E-state index is 11.7. The van der Waals surface area contributed by atoms with Crippen LogP contribution in [0, 0.1) is 0 Å². The number of rotatable bonds is 3. The summed E-state index contributed by atoms with van der Waals surface area (Å²) in [4.78, 5) is 23.9. The third-order valence-corrected chi connectivity index (χ3v) is 3.68. The molecule has 0 bridgehead atoms. The van der Waals surface area contributed by atoms with Gasteiger partial charge in [-0.25, -0.2) is 0 Å². The Labute approximate surface area is 88.4 Å². The number of amides is 1. The molecule has 1 unspecified atom stereocenters. The standard InChI is InChI=1S/C9H16N2O2S/c1-9(2)11(8(13)4-10-3)7(5-12)6-14-9/h5,7,10H,4,6H2,1-3H3. The van der Waals surface area contributed by atoms with E-state index in [1.165, 1.54) is 0 Å². The molecule has 1 amide bonds. The number of hydrogen-bond acceptors (Lipinski definition) is 4. The number of nitrogens with zero attached hydrogens (tertiary/aromatic N) is 1. The van der Waals surface area contributed by atoms with Gasteiger partial charge in [0, 0.05) is 5.75 Å². The number of aldehydes is 1. The lowest BCUT2D eigenvalue weighted by Crippen LogP contribution is -2.50. The van der Waals surface area contributed by atoms with Crippen LogP contribution in [0.25, 0.3) is 0 Å². The van der Waals surface area contributed by atoms with Crippen LogP contribution in [0.15, 0.2) is 0 Å². The van der Waals surface area contributed by atoms with Crippen LogP contribution >= 0.6 is 11.8 Å². The Morgan fingerprint density at radius 3 is 2.86 bits per heavy atom. The predicted octanol–water partition coefficient (Wildman–Crippen LogP) is 0.0848. The fraction of sp³-hybridized carbons (Fsp3) is 0.778. The molecule has 1 aliphatic heterocycles. The van der Waals surface area contributed by atoms with Gasteiger partial charge in [0.25, 0.3) is 0 Å². The number of likely N-dealkylation sites (N-methyl/N-ethyl adjacent to an activating group) is 1. The smallest absolute Gasteiger partial charge is 0.238 e. The van der Waals surface area contributed by atoms with E-state index >= 15 is 0 Å². The number of carbonyl (C=O) groups is 2. The van der Waals surface area contributed by atoms with Crippen LogP contribution in [0.3, 0.4) is 0 Å². The van der Waals surface area contributed by atoms with Crippen molar-refractivity contribution in [2.24, 2.45) is 0 Å². The summed E-state index contributed by atoms with van der Waals surface area (Å²) >= 11 is 1.64. The van der Waals surface area contributed by atoms with Gasteiger partial charge in [-0.2, -0.15) is 0 Å². The first kappa shape index (κ1) is 11.5. The SMILES string of the molecule is CNCC(=O)N1C(C=O)CSC1(C)C. The summed E-state index contributed by atoms with van der Waals surface area (Å²) in [5.74, 6) is 0.686. The molecule has 1 heterocycles. The fourth-order valence-corrected chi connectivity index (χ4v) is 2.84. The van der Waals surface area contributed by atoms with Crippen molar-refractivity contribution >= 4 is 24.0 Å². The summed E-state index contributed by atoms with van der Waals surface area (Å²) in [5.41, 5.74) is 0. The number of hydrogen-bond donors (Lipinski definition) is 1. The molecular weight excluding hydrogens is 200 g/mol. The van der Waals surface area contributed by atoms with Gasteiger partial charge in [-0.05, 0) is 20.9 Å². The van der Waals surface area contributed by atoms with Crippen LogP contribution in [-0.4, -0.2) is 47.4 Å². The minimum Gasteiger partial charge on any atom is -0.317 e. The highest BCUT2D eigenvalue weighted by Gasteiger charge is 2.42. The van der Waals surface area contributed by atoms with Crippen molar-refractivity contribution in [3.8, 4) is 0 Å². The lowest BCUT2D eigenvalue weighted by molar-refractivity contribution is -0.136. The van der Waals surface area contributed by atoms with Gasteiger partial charge in [0.05, 0.1) is 17.5 Å². The quantitative estimate of drug-likeness (QED) is 0.679. The van der Waals surface area contributed by atoms with Crippen molar-refractivity contribution in [2.75, 3.05) is 19.3 Å². The molecule has 0 spiro atoms. The molecule has 5 heteroatoms. The van der Waals surface area contributed by atoms with Crippen LogP contribution in [0.2, 0.25) is 0 Å². The Hall–Kier alpha value is -0.550. The highest BCUT2D eigenvalue weighted by molar-refractivity contribution is 8.00. The van der Waals surface area contributed by atoms with Crippen LogP contribution in [0.4, 0.5) is 0 Å². The average Bonchev–Trinajstić information content (AvgIpc) is 2.41. The van der Waals surface area contributed by atoms with E-state index in [0.29, 0.717) is 5.75 Å². The number of nitrogens with one attached hydrogen (secondary N) is 1. The van der Waals surface area contributed by atoms with E-state index in [9.17, 15) is 9.59 Å². The van der Waals surface area contributed by atoms with Gasteiger partial charge < -0.3 is 15.0 Å². The lowest BCUT2D eigenvalue weighted by Gasteiger charge is -2.32. The second kappa shape index (κ2) is 4.31. The van der Waals surface area contributed by atoms with Crippen molar-refractivity contribution in [2.45, 2.75) is 24.8 Å². The average molecular weight is 216 g/mol. The Morgan fingerprint density at radius 1 is 1.71 bits per heavy atom. The van der Waals surface area contributed by atoms with Crippen molar-refractivity contribution < 1.29 is 9.59 Å². The van der Waals surface area contributed by atoms with Gasteiger partial charge in [0.15, 0.2) is 0 Å². The van der Waals surface area contributed by atoms with Crippen molar-refractivity contribution in [3.05, 3.63) is 0 Å². The van der Waals surface area contributed by atoms with Crippen LogP contribution in [0.1, 0.15) is 13.8 Å². The molecule has 1 N–H and O–H groups in total. The molecule has 14 heavy (non-hydrogen) atoms. The molecule has 1 atom stereocenters. The summed E-state index contributed by atoms with van der Waals surface area (Å²) in [7, 11) is 1.73. The van der Waals surface area contributed by atoms with Crippen molar-refractivity contribution in [1.82, 2.24) is 10.2 Å². The zero-order valence-corrected chi connectivity index (χ0v) is 9.56. The second-order valence-corrected chi connectivity index (χ2v) is 5.38. The first-order chi connectivity index (χ1) is 6.53. The maximum atomic E-state index is 11.7. The minimum absolute atomic E-state index is 0.0143. The summed E-state index contributed by atoms with van der Waals surface area (Å²) in [5, 5.41) is 2.81. The zero-order chi connectivity index (χ0) is 10.8. The van der Waals surface area contributed by atoms with Crippen LogP contribution in [0.5, 0.6) is 0 Å². The highest BCUT2D eigenvalue weighted by atomic mass is 32.2. The maximum Gasteiger partial charge on any atom is 0.238 e. The molecule has 0 aliphatic carbocycles. The molecule has 0 aromatic heterocycles. The van der Waals surface area contributed by atoms with E-state index < -0.39 is 0 Å². The topological polar surface area (TPSA) is 49.4 Å². The summed E-state index contributed by atoms with van der Waals surface area (Å²) in [6.07, 6.45) is 0.856. The van der Waals surface area contributed by atoms with E-state index in [-0.39, 0.29) is 23.4 Å². The monoisotopic (exact) mass is 216 g/mol. The molecule has 0 aromatic rings. The fourth-order valence-electron chi connectivity index (χ4n) is 1.65. The number of thioether (sulfide) groups is 1. The molecular formula is C9H16N2O2S. The lowest BCUT2D eigenvalue weighted by atomic mass is 10.2. The third kappa shape index (κ3) is 2.09. The van der Waals surface area contributed by atoms with Gasteiger partial charge in [-0.3, -0.25) is 4.79 Å². The first-order valence-electron chi connectivity index (χ1n) is 4.59. The van der Waals surface area contributed by atoms with Gasteiger partial charge in [0.2, 0.25) is 5.91 Å². The molecule has 0 aromatic carbocycles. The second-order valence-electron chi connectivity index (χ2n) is 3.76. The normalized spacial score (nSPS) is 25.1. The predicted molar refractivity (Wildman–Crippen MR) is 57.2 cm³/mol.